The van der Waals surface area contributed by atoms with Crippen molar-refractivity contribution >= 4 is 32.5 Å². The van der Waals surface area contributed by atoms with E-state index in [1.807, 2.05) is 29.8 Å². The summed E-state index contributed by atoms with van der Waals surface area (Å²) in [6.07, 6.45) is 3.36. The summed E-state index contributed by atoms with van der Waals surface area (Å²) in [6.45, 7) is 3.45. The fraction of sp³-hybridized carbons (Fsp3) is 0.360. The van der Waals surface area contributed by atoms with Crippen molar-refractivity contribution in [2.75, 3.05) is 26.7 Å². The molecule has 2 aromatic carbocycles. The molecule has 1 atom stereocenters. The molecule has 0 bridgehead atoms. The molecule has 0 spiro atoms. The Morgan fingerprint density at radius 2 is 2.06 bits per heavy atom. The molecular weight excluding hydrogens is 420 g/mol. The SMILES string of the molecule is COc1cccc2c(C(O)CN3CCC(NCc4ccc5scnc5c4)CC3)ccnc12. The summed E-state index contributed by atoms with van der Waals surface area (Å²) in [7, 11) is 1.65. The van der Waals surface area contributed by atoms with Crippen LogP contribution in [0.5, 0.6) is 5.75 Å². The van der Waals surface area contributed by atoms with Crippen molar-refractivity contribution in [1.29, 1.82) is 0 Å². The molecule has 0 saturated carbocycles. The molecule has 0 amide bonds. The fourth-order valence-corrected chi connectivity index (χ4v) is 5.22. The number of piperidine rings is 1. The van der Waals surface area contributed by atoms with Gasteiger partial charge in [0.25, 0.3) is 0 Å². The van der Waals surface area contributed by atoms with Gasteiger partial charge in [-0.3, -0.25) is 4.98 Å². The molecular formula is C25H28N4O2S. The summed E-state index contributed by atoms with van der Waals surface area (Å²) in [5.74, 6) is 0.734. The lowest BCUT2D eigenvalue weighted by Crippen LogP contribution is -2.43. The van der Waals surface area contributed by atoms with Gasteiger partial charge >= 0.3 is 0 Å². The molecule has 1 unspecified atom stereocenters. The molecule has 32 heavy (non-hydrogen) atoms. The minimum Gasteiger partial charge on any atom is -0.494 e. The van der Waals surface area contributed by atoms with E-state index in [0.29, 0.717) is 12.6 Å². The topological polar surface area (TPSA) is 70.5 Å². The largest absolute Gasteiger partial charge is 0.494 e. The maximum absolute atomic E-state index is 11.0. The average Bonchev–Trinajstić information content (AvgIpc) is 3.31. The van der Waals surface area contributed by atoms with Crippen molar-refractivity contribution < 1.29 is 9.84 Å². The van der Waals surface area contributed by atoms with Gasteiger partial charge in [-0.2, -0.15) is 0 Å². The number of thiazole rings is 1. The normalized spacial score (nSPS) is 16.6. The fourth-order valence-electron chi connectivity index (χ4n) is 4.56. The van der Waals surface area contributed by atoms with Crippen molar-refractivity contribution in [3.05, 3.63) is 65.3 Å². The second-order valence-corrected chi connectivity index (χ2v) is 9.27. The minimum absolute atomic E-state index is 0.501. The molecule has 4 aromatic rings. The van der Waals surface area contributed by atoms with Crippen LogP contribution in [0.1, 0.15) is 30.1 Å². The Labute approximate surface area is 191 Å². The van der Waals surface area contributed by atoms with Gasteiger partial charge in [0.05, 0.1) is 28.9 Å². The average molecular weight is 449 g/mol. The molecule has 0 aliphatic carbocycles. The first kappa shape index (κ1) is 21.3. The maximum atomic E-state index is 11.0. The van der Waals surface area contributed by atoms with E-state index in [4.69, 9.17) is 4.74 Å². The summed E-state index contributed by atoms with van der Waals surface area (Å²) in [6, 6.07) is 14.8. The van der Waals surface area contributed by atoms with Crippen LogP contribution in [-0.2, 0) is 6.54 Å². The second kappa shape index (κ2) is 9.50. The molecule has 5 rings (SSSR count). The first-order chi connectivity index (χ1) is 15.7. The van der Waals surface area contributed by atoms with Crippen molar-refractivity contribution in [3.63, 3.8) is 0 Å². The molecule has 7 heteroatoms. The molecule has 2 N–H and O–H groups in total. The van der Waals surface area contributed by atoms with Gasteiger partial charge in [0, 0.05) is 30.7 Å². The van der Waals surface area contributed by atoms with E-state index < -0.39 is 6.10 Å². The van der Waals surface area contributed by atoms with Crippen LogP contribution in [0.2, 0.25) is 0 Å². The van der Waals surface area contributed by atoms with Crippen LogP contribution in [0.25, 0.3) is 21.1 Å². The number of hydrogen-bond donors (Lipinski definition) is 2. The lowest BCUT2D eigenvalue weighted by molar-refractivity contribution is 0.0949. The van der Waals surface area contributed by atoms with Crippen LogP contribution in [-0.4, -0.2) is 52.8 Å². The zero-order valence-corrected chi connectivity index (χ0v) is 19.0. The summed E-state index contributed by atoms with van der Waals surface area (Å²) in [5.41, 5.74) is 5.97. The highest BCUT2D eigenvalue weighted by atomic mass is 32.1. The van der Waals surface area contributed by atoms with Crippen molar-refractivity contribution in [2.45, 2.75) is 31.5 Å². The first-order valence-corrected chi connectivity index (χ1v) is 12.0. The number of likely N-dealkylation sites (tertiary alicyclic amines) is 1. The standard InChI is InChI=1S/C25H28N4O2S/c1-31-23-4-2-3-20-19(7-10-26-25(20)23)22(30)15-29-11-8-18(9-12-29)27-14-17-5-6-24-21(13-17)28-16-32-24/h2-7,10,13,16,18,22,27,30H,8-9,11-12,14-15H2,1H3. The van der Waals surface area contributed by atoms with Gasteiger partial charge in [-0.25, -0.2) is 4.98 Å². The predicted octanol–water partition coefficient (Wildman–Crippen LogP) is 4.14. The molecule has 3 heterocycles. The number of rotatable bonds is 7. The molecule has 1 aliphatic rings. The molecule has 1 aliphatic heterocycles. The lowest BCUT2D eigenvalue weighted by atomic mass is 10.0. The van der Waals surface area contributed by atoms with E-state index >= 15 is 0 Å². The quantitative estimate of drug-likeness (QED) is 0.443. The van der Waals surface area contributed by atoms with Crippen molar-refractivity contribution in [3.8, 4) is 5.75 Å². The van der Waals surface area contributed by atoms with E-state index in [9.17, 15) is 5.11 Å². The van der Waals surface area contributed by atoms with E-state index in [-0.39, 0.29) is 0 Å². The van der Waals surface area contributed by atoms with E-state index in [0.717, 1.165) is 60.2 Å². The Balaban J connectivity index is 1.16. The number of aliphatic hydroxyl groups excluding tert-OH is 1. The number of aliphatic hydroxyl groups is 1. The summed E-state index contributed by atoms with van der Waals surface area (Å²) >= 11 is 1.68. The van der Waals surface area contributed by atoms with Gasteiger partial charge in [0.1, 0.15) is 11.3 Å². The number of ether oxygens (including phenoxy) is 1. The van der Waals surface area contributed by atoms with Gasteiger partial charge in [-0.05, 0) is 61.3 Å². The van der Waals surface area contributed by atoms with E-state index in [2.05, 4.69) is 38.4 Å². The number of aromatic nitrogens is 2. The third-order valence-corrected chi connectivity index (χ3v) is 7.17. The van der Waals surface area contributed by atoms with Gasteiger partial charge in [-0.1, -0.05) is 18.2 Å². The lowest BCUT2D eigenvalue weighted by Gasteiger charge is -2.33. The number of hydrogen-bond acceptors (Lipinski definition) is 7. The van der Waals surface area contributed by atoms with Gasteiger partial charge < -0.3 is 20.1 Å². The molecule has 2 aromatic heterocycles. The molecule has 1 fully saturated rings. The number of pyridine rings is 1. The minimum atomic E-state index is -0.554. The first-order valence-electron chi connectivity index (χ1n) is 11.1. The molecule has 0 radical (unpaired) electrons. The van der Waals surface area contributed by atoms with Crippen LogP contribution >= 0.6 is 11.3 Å². The number of β-amino-alcohol motifs (C(OH)–C–C–N with tert-alkyl or cyclic N) is 1. The number of nitrogens with zero attached hydrogens (tertiary/aromatic N) is 3. The van der Waals surface area contributed by atoms with Gasteiger partial charge in [0.2, 0.25) is 0 Å². The Hall–Kier alpha value is -2.58. The van der Waals surface area contributed by atoms with E-state index in [1.165, 1.54) is 10.3 Å². The maximum Gasteiger partial charge on any atom is 0.145 e. The molecule has 1 saturated heterocycles. The zero-order chi connectivity index (χ0) is 21.9. The summed E-state index contributed by atoms with van der Waals surface area (Å²) in [4.78, 5) is 11.2. The zero-order valence-electron chi connectivity index (χ0n) is 18.2. The Morgan fingerprint density at radius 1 is 1.19 bits per heavy atom. The summed E-state index contributed by atoms with van der Waals surface area (Å²) in [5, 5.41) is 15.6. The highest BCUT2D eigenvalue weighted by Crippen LogP contribution is 2.29. The third-order valence-electron chi connectivity index (χ3n) is 6.36. The highest BCUT2D eigenvalue weighted by molar-refractivity contribution is 7.16. The van der Waals surface area contributed by atoms with Crippen LogP contribution < -0.4 is 10.1 Å². The second-order valence-electron chi connectivity index (χ2n) is 8.38. The number of nitrogens with one attached hydrogen (secondary N) is 1. The van der Waals surface area contributed by atoms with Gasteiger partial charge in [-0.15, -0.1) is 11.3 Å². The van der Waals surface area contributed by atoms with E-state index in [1.54, 1.807) is 24.6 Å². The predicted molar refractivity (Wildman–Crippen MR) is 129 cm³/mol. The molecule has 6 nitrogen and oxygen atoms in total. The highest BCUT2D eigenvalue weighted by Gasteiger charge is 2.22. The van der Waals surface area contributed by atoms with Crippen LogP contribution in [0.3, 0.4) is 0 Å². The Morgan fingerprint density at radius 3 is 2.91 bits per heavy atom. The Bertz CT molecular complexity index is 1200. The number of para-hydroxylation sites is 1. The van der Waals surface area contributed by atoms with Crippen molar-refractivity contribution in [2.24, 2.45) is 0 Å². The third kappa shape index (κ3) is 4.47. The number of fused-ring (bicyclic) bond motifs is 2. The smallest absolute Gasteiger partial charge is 0.145 e. The monoisotopic (exact) mass is 448 g/mol. The molecule has 166 valence electrons. The number of methoxy groups -OCH3 is 1. The van der Waals surface area contributed by atoms with Crippen LogP contribution in [0, 0.1) is 0 Å². The van der Waals surface area contributed by atoms with Gasteiger partial charge in [0.15, 0.2) is 0 Å². The summed E-state index contributed by atoms with van der Waals surface area (Å²) < 4.78 is 6.67. The van der Waals surface area contributed by atoms with Crippen LogP contribution in [0.4, 0.5) is 0 Å². The Kier molecular flexibility index (Phi) is 6.32. The number of benzene rings is 2. The van der Waals surface area contributed by atoms with Crippen LogP contribution in [0.15, 0.2) is 54.2 Å². The van der Waals surface area contributed by atoms with Crippen molar-refractivity contribution in [1.82, 2.24) is 20.2 Å².